The molecule has 0 bridgehead atoms. The topological polar surface area (TPSA) is 24.1 Å². The normalized spacial score (nSPS) is 31.6. The lowest BCUT2D eigenvalue weighted by Crippen LogP contribution is -2.48. The minimum atomic E-state index is 0.769. The summed E-state index contributed by atoms with van der Waals surface area (Å²) in [5.41, 5.74) is 0. The molecule has 0 aromatic rings. The van der Waals surface area contributed by atoms with E-state index in [0.29, 0.717) is 0 Å². The lowest BCUT2D eigenvalue weighted by molar-refractivity contribution is 0.223. The van der Waals surface area contributed by atoms with E-state index in [4.69, 9.17) is 0 Å². The summed E-state index contributed by atoms with van der Waals surface area (Å²) in [4.78, 5) is 0. The van der Waals surface area contributed by atoms with Crippen molar-refractivity contribution in [3.63, 3.8) is 0 Å². The quantitative estimate of drug-likeness (QED) is 0.773. The van der Waals surface area contributed by atoms with Crippen LogP contribution in [0.3, 0.4) is 0 Å². The SMILES string of the molecule is CC(C)C(CNC1CCCC1C1CCCCN1)C(C)C. The predicted molar refractivity (Wildman–Crippen MR) is 87.9 cm³/mol. The zero-order valence-corrected chi connectivity index (χ0v) is 14.1. The van der Waals surface area contributed by atoms with Crippen LogP contribution in [0.2, 0.25) is 0 Å². The molecule has 0 radical (unpaired) electrons. The maximum absolute atomic E-state index is 3.95. The third kappa shape index (κ3) is 4.21. The fraction of sp³-hybridized carbons (Fsp3) is 1.00. The minimum Gasteiger partial charge on any atom is -0.314 e. The lowest BCUT2D eigenvalue weighted by Gasteiger charge is -2.34. The van der Waals surface area contributed by atoms with Crippen molar-refractivity contribution in [2.75, 3.05) is 13.1 Å². The van der Waals surface area contributed by atoms with E-state index < -0.39 is 0 Å². The number of nitrogens with one attached hydrogen (secondary N) is 2. The smallest absolute Gasteiger partial charge is 0.0110 e. The highest BCUT2D eigenvalue weighted by atomic mass is 15.0. The average Bonchev–Trinajstić information content (AvgIpc) is 2.87. The summed E-state index contributed by atoms with van der Waals surface area (Å²) in [6.07, 6.45) is 8.47. The van der Waals surface area contributed by atoms with Crippen molar-refractivity contribution in [2.24, 2.45) is 23.7 Å². The van der Waals surface area contributed by atoms with Crippen LogP contribution in [0.15, 0.2) is 0 Å². The second-order valence-electron chi connectivity index (χ2n) is 7.82. The molecule has 20 heavy (non-hydrogen) atoms. The van der Waals surface area contributed by atoms with Crippen LogP contribution in [0, 0.1) is 23.7 Å². The third-order valence-electron chi connectivity index (χ3n) is 5.76. The Hall–Kier alpha value is -0.0800. The van der Waals surface area contributed by atoms with Crippen LogP contribution < -0.4 is 10.6 Å². The molecular weight excluding hydrogens is 244 g/mol. The molecule has 1 aliphatic heterocycles. The van der Waals surface area contributed by atoms with Crippen LogP contribution in [-0.2, 0) is 0 Å². The van der Waals surface area contributed by atoms with Crippen molar-refractivity contribution in [3.8, 4) is 0 Å². The Morgan fingerprint density at radius 2 is 1.70 bits per heavy atom. The van der Waals surface area contributed by atoms with Gasteiger partial charge >= 0.3 is 0 Å². The zero-order chi connectivity index (χ0) is 14.5. The summed E-state index contributed by atoms with van der Waals surface area (Å²) in [7, 11) is 0. The molecule has 3 unspecified atom stereocenters. The molecule has 1 saturated heterocycles. The first-order valence-electron chi connectivity index (χ1n) is 9.06. The second-order valence-corrected chi connectivity index (χ2v) is 7.82. The maximum atomic E-state index is 3.95. The zero-order valence-electron chi connectivity index (χ0n) is 14.1. The van der Waals surface area contributed by atoms with Crippen molar-refractivity contribution in [1.82, 2.24) is 10.6 Å². The summed E-state index contributed by atoms with van der Waals surface area (Å²) in [5, 5.41) is 7.74. The molecule has 118 valence electrons. The average molecular weight is 280 g/mol. The first-order valence-corrected chi connectivity index (χ1v) is 9.06. The van der Waals surface area contributed by atoms with E-state index in [-0.39, 0.29) is 0 Å². The Bertz CT molecular complexity index is 261. The Morgan fingerprint density at radius 1 is 0.950 bits per heavy atom. The summed E-state index contributed by atoms with van der Waals surface area (Å²) < 4.78 is 0. The standard InChI is InChI=1S/C18H36N2/c1-13(2)16(14(3)4)12-20-18-10-7-8-15(18)17-9-5-6-11-19-17/h13-20H,5-12H2,1-4H3. The van der Waals surface area contributed by atoms with Gasteiger partial charge in [-0.3, -0.25) is 0 Å². The monoisotopic (exact) mass is 280 g/mol. The Morgan fingerprint density at radius 3 is 2.30 bits per heavy atom. The molecule has 0 aromatic carbocycles. The first-order chi connectivity index (χ1) is 9.59. The molecule has 2 heteroatoms. The van der Waals surface area contributed by atoms with Crippen molar-refractivity contribution >= 4 is 0 Å². The number of piperidine rings is 1. The van der Waals surface area contributed by atoms with Crippen LogP contribution in [0.25, 0.3) is 0 Å². The van der Waals surface area contributed by atoms with E-state index in [2.05, 4.69) is 38.3 Å². The van der Waals surface area contributed by atoms with Crippen molar-refractivity contribution in [3.05, 3.63) is 0 Å². The fourth-order valence-electron chi connectivity index (χ4n) is 4.50. The van der Waals surface area contributed by atoms with E-state index in [1.807, 2.05) is 0 Å². The lowest BCUT2D eigenvalue weighted by atomic mass is 9.84. The summed E-state index contributed by atoms with van der Waals surface area (Å²) in [5.74, 6) is 3.27. The van der Waals surface area contributed by atoms with Crippen molar-refractivity contribution in [1.29, 1.82) is 0 Å². The Kier molecular flexibility index (Phi) is 6.35. The van der Waals surface area contributed by atoms with E-state index in [9.17, 15) is 0 Å². The van der Waals surface area contributed by atoms with Crippen LogP contribution in [0.5, 0.6) is 0 Å². The van der Waals surface area contributed by atoms with E-state index >= 15 is 0 Å². The molecule has 0 amide bonds. The van der Waals surface area contributed by atoms with Gasteiger partial charge in [0.25, 0.3) is 0 Å². The van der Waals surface area contributed by atoms with Gasteiger partial charge in [0.2, 0.25) is 0 Å². The van der Waals surface area contributed by atoms with Gasteiger partial charge in [0, 0.05) is 12.1 Å². The number of rotatable bonds is 6. The summed E-state index contributed by atoms with van der Waals surface area (Å²) in [6, 6.07) is 1.56. The highest BCUT2D eigenvalue weighted by Gasteiger charge is 2.34. The van der Waals surface area contributed by atoms with Crippen LogP contribution in [-0.4, -0.2) is 25.2 Å². The van der Waals surface area contributed by atoms with Gasteiger partial charge in [0.1, 0.15) is 0 Å². The van der Waals surface area contributed by atoms with Gasteiger partial charge in [-0.2, -0.15) is 0 Å². The first kappa shape index (κ1) is 16.3. The highest BCUT2D eigenvalue weighted by Crippen LogP contribution is 2.32. The Balaban J connectivity index is 1.84. The van der Waals surface area contributed by atoms with Gasteiger partial charge in [-0.25, -0.2) is 0 Å². The maximum Gasteiger partial charge on any atom is 0.0110 e. The molecular formula is C18H36N2. The molecule has 1 aliphatic carbocycles. The van der Waals surface area contributed by atoms with E-state index in [0.717, 1.165) is 35.8 Å². The molecule has 2 nitrogen and oxygen atoms in total. The summed E-state index contributed by atoms with van der Waals surface area (Å²) in [6.45, 7) is 12.0. The molecule has 2 fully saturated rings. The fourth-order valence-corrected chi connectivity index (χ4v) is 4.50. The van der Waals surface area contributed by atoms with Gasteiger partial charge in [-0.15, -0.1) is 0 Å². The van der Waals surface area contributed by atoms with Gasteiger partial charge in [0.05, 0.1) is 0 Å². The minimum absolute atomic E-state index is 0.769. The molecule has 2 N–H and O–H groups in total. The Labute approximate surface area is 126 Å². The van der Waals surface area contributed by atoms with Gasteiger partial charge in [-0.1, -0.05) is 40.5 Å². The van der Waals surface area contributed by atoms with Crippen LogP contribution in [0.1, 0.15) is 66.2 Å². The molecule has 2 rings (SSSR count). The van der Waals surface area contributed by atoms with Gasteiger partial charge in [-0.05, 0) is 62.4 Å². The van der Waals surface area contributed by atoms with Gasteiger partial charge in [0.15, 0.2) is 0 Å². The highest BCUT2D eigenvalue weighted by molar-refractivity contribution is 4.92. The van der Waals surface area contributed by atoms with E-state index in [1.165, 1.54) is 51.6 Å². The number of hydrogen-bond donors (Lipinski definition) is 2. The van der Waals surface area contributed by atoms with Gasteiger partial charge < -0.3 is 10.6 Å². The largest absolute Gasteiger partial charge is 0.314 e. The summed E-state index contributed by atoms with van der Waals surface area (Å²) >= 11 is 0. The van der Waals surface area contributed by atoms with Crippen LogP contribution in [0.4, 0.5) is 0 Å². The van der Waals surface area contributed by atoms with Crippen molar-refractivity contribution in [2.45, 2.75) is 78.3 Å². The molecule has 1 saturated carbocycles. The number of hydrogen-bond acceptors (Lipinski definition) is 2. The third-order valence-corrected chi connectivity index (χ3v) is 5.76. The molecule has 2 aliphatic rings. The predicted octanol–water partition coefficient (Wildman–Crippen LogP) is 3.82. The molecule has 1 heterocycles. The van der Waals surface area contributed by atoms with E-state index in [1.54, 1.807) is 0 Å². The molecule has 0 spiro atoms. The molecule has 0 aromatic heterocycles. The molecule has 3 atom stereocenters. The van der Waals surface area contributed by atoms with Crippen molar-refractivity contribution < 1.29 is 0 Å². The van der Waals surface area contributed by atoms with Crippen LogP contribution >= 0.6 is 0 Å². The second kappa shape index (κ2) is 7.79.